The van der Waals surface area contributed by atoms with Crippen molar-refractivity contribution in [2.45, 2.75) is 33.7 Å². The predicted molar refractivity (Wildman–Crippen MR) is 85.5 cm³/mol. The molecule has 0 spiro atoms. The van der Waals surface area contributed by atoms with E-state index in [0.29, 0.717) is 6.54 Å². The van der Waals surface area contributed by atoms with Gasteiger partial charge in [0.1, 0.15) is 0 Å². The number of fused-ring (bicyclic) bond motifs is 1. The van der Waals surface area contributed by atoms with E-state index in [9.17, 15) is 4.79 Å². The van der Waals surface area contributed by atoms with Crippen LogP contribution in [0.1, 0.15) is 38.2 Å². The molecule has 1 aliphatic heterocycles. The van der Waals surface area contributed by atoms with E-state index in [1.165, 1.54) is 22.3 Å². The maximum atomic E-state index is 12.8. The van der Waals surface area contributed by atoms with Crippen molar-refractivity contribution < 1.29 is 4.79 Å². The van der Waals surface area contributed by atoms with Crippen LogP contribution in [0.2, 0.25) is 0 Å². The van der Waals surface area contributed by atoms with Gasteiger partial charge in [-0.15, -0.1) is 0 Å². The van der Waals surface area contributed by atoms with E-state index in [4.69, 9.17) is 0 Å². The minimum atomic E-state index is 0.181. The average molecular weight is 279 g/mol. The molecule has 21 heavy (non-hydrogen) atoms. The Morgan fingerprint density at radius 1 is 1.05 bits per heavy atom. The number of amides is 1. The van der Waals surface area contributed by atoms with Crippen molar-refractivity contribution in [3.8, 4) is 0 Å². The third-order valence-electron chi connectivity index (χ3n) is 4.52. The van der Waals surface area contributed by atoms with E-state index < -0.39 is 0 Å². The summed E-state index contributed by atoms with van der Waals surface area (Å²) in [5.74, 6) is 0.181. The van der Waals surface area contributed by atoms with Crippen molar-refractivity contribution in [1.29, 1.82) is 0 Å². The normalized spacial score (nSPS) is 14.2. The molecule has 0 N–H and O–H groups in total. The molecule has 0 saturated carbocycles. The zero-order valence-electron chi connectivity index (χ0n) is 12.9. The molecule has 0 atom stereocenters. The van der Waals surface area contributed by atoms with Crippen molar-refractivity contribution >= 4 is 5.91 Å². The average Bonchev–Trinajstić information content (AvgIpc) is 2.48. The molecule has 0 radical (unpaired) electrons. The van der Waals surface area contributed by atoms with Crippen LogP contribution < -0.4 is 0 Å². The van der Waals surface area contributed by atoms with Gasteiger partial charge in [0.25, 0.3) is 5.91 Å². The standard InChI is InChI=1S/C19H21NO/c1-13-11-14(2)18-17(15(13)3)9-10-20(19(18)21)12-16-7-5-4-6-8-16/h4-8,11H,9-10,12H2,1-3H3. The first-order valence-corrected chi connectivity index (χ1v) is 7.51. The minimum Gasteiger partial charge on any atom is -0.334 e. The third kappa shape index (κ3) is 2.46. The molecule has 1 aliphatic rings. The fourth-order valence-corrected chi connectivity index (χ4v) is 3.24. The molecule has 3 rings (SSSR count). The molecule has 1 heterocycles. The fourth-order valence-electron chi connectivity index (χ4n) is 3.24. The van der Waals surface area contributed by atoms with Gasteiger partial charge >= 0.3 is 0 Å². The highest BCUT2D eigenvalue weighted by Crippen LogP contribution is 2.28. The second-order valence-corrected chi connectivity index (χ2v) is 5.95. The lowest BCUT2D eigenvalue weighted by atomic mass is 9.88. The largest absolute Gasteiger partial charge is 0.334 e. The summed E-state index contributed by atoms with van der Waals surface area (Å²) in [5, 5.41) is 0. The molecule has 1 amide bonds. The summed E-state index contributed by atoms with van der Waals surface area (Å²) in [4.78, 5) is 14.8. The SMILES string of the molecule is Cc1cc(C)c2c(c1C)CCN(Cc1ccccc1)C2=O. The molecule has 0 unspecified atom stereocenters. The zero-order chi connectivity index (χ0) is 15.0. The van der Waals surface area contributed by atoms with Crippen molar-refractivity contribution in [3.05, 3.63) is 69.8 Å². The van der Waals surface area contributed by atoms with Gasteiger partial charge in [0.2, 0.25) is 0 Å². The van der Waals surface area contributed by atoms with Crippen LogP contribution in [0, 0.1) is 20.8 Å². The monoisotopic (exact) mass is 279 g/mol. The summed E-state index contributed by atoms with van der Waals surface area (Å²) >= 11 is 0. The van der Waals surface area contributed by atoms with Crippen LogP contribution in [-0.4, -0.2) is 17.4 Å². The molecular formula is C19H21NO. The second kappa shape index (κ2) is 5.36. The van der Waals surface area contributed by atoms with Crippen molar-refractivity contribution in [1.82, 2.24) is 4.90 Å². The van der Waals surface area contributed by atoms with Crippen LogP contribution >= 0.6 is 0 Å². The minimum absolute atomic E-state index is 0.181. The number of carbonyl (C=O) groups excluding carboxylic acids is 1. The first-order valence-electron chi connectivity index (χ1n) is 7.51. The topological polar surface area (TPSA) is 20.3 Å². The fraction of sp³-hybridized carbons (Fsp3) is 0.316. The van der Waals surface area contributed by atoms with Gasteiger partial charge in [-0.05, 0) is 55.0 Å². The highest BCUT2D eigenvalue weighted by molar-refractivity contribution is 5.98. The van der Waals surface area contributed by atoms with Crippen molar-refractivity contribution in [3.63, 3.8) is 0 Å². The summed E-state index contributed by atoms with van der Waals surface area (Å²) in [7, 11) is 0. The maximum Gasteiger partial charge on any atom is 0.254 e. The molecule has 2 aromatic carbocycles. The van der Waals surface area contributed by atoms with Gasteiger partial charge in [-0.2, -0.15) is 0 Å². The number of hydrogen-bond acceptors (Lipinski definition) is 1. The number of benzene rings is 2. The van der Waals surface area contributed by atoms with Crippen molar-refractivity contribution in [2.75, 3.05) is 6.54 Å². The number of hydrogen-bond donors (Lipinski definition) is 0. The summed E-state index contributed by atoms with van der Waals surface area (Å²) < 4.78 is 0. The molecule has 0 fully saturated rings. The van der Waals surface area contributed by atoms with Crippen LogP contribution in [0.4, 0.5) is 0 Å². The third-order valence-corrected chi connectivity index (χ3v) is 4.52. The highest BCUT2D eigenvalue weighted by Gasteiger charge is 2.27. The number of carbonyl (C=O) groups is 1. The Bertz CT molecular complexity index is 688. The molecule has 2 aromatic rings. The maximum absolute atomic E-state index is 12.8. The van der Waals surface area contributed by atoms with E-state index in [1.54, 1.807) is 0 Å². The molecular weight excluding hydrogens is 258 g/mol. The van der Waals surface area contributed by atoms with Crippen LogP contribution in [0.5, 0.6) is 0 Å². The smallest absolute Gasteiger partial charge is 0.254 e. The van der Waals surface area contributed by atoms with Gasteiger partial charge in [0, 0.05) is 18.7 Å². The predicted octanol–water partition coefficient (Wildman–Crippen LogP) is 3.81. The summed E-state index contributed by atoms with van der Waals surface area (Å²) in [6, 6.07) is 12.4. The van der Waals surface area contributed by atoms with Crippen LogP contribution in [0.25, 0.3) is 0 Å². The van der Waals surface area contributed by atoms with Gasteiger partial charge in [-0.25, -0.2) is 0 Å². The molecule has 2 heteroatoms. The van der Waals surface area contributed by atoms with Gasteiger partial charge in [0.05, 0.1) is 0 Å². The highest BCUT2D eigenvalue weighted by atomic mass is 16.2. The van der Waals surface area contributed by atoms with E-state index in [2.05, 4.69) is 39.0 Å². The van der Waals surface area contributed by atoms with Gasteiger partial charge in [0.15, 0.2) is 0 Å². The van der Waals surface area contributed by atoms with Gasteiger partial charge in [-0.1, -0.05) is 36.4 Å². The Balaban J connectivity index is 1.94. The second-order valence-electron chi connectivity index (χ2n) is 5.95. The van der Waals surface area contributed by atoms with Gasteiger partial charge in [-0.3, -0.25) is 4.79 Å². The lowest BCUT2D eigenvalue weighted by Gasteiger charge is -2.31. The quantitative estimate of drug-likeness (QED) is 0.818. The zero-order valence-corrected chi connectivity index (χ0v) is 12.9. The first-order chi connectivity index (χ1) is 10.1. The van der Waals surface area contributed by atoms with E-state index >= 15 is 0 Å². The number of nitrogens with zero attached hydrogens (tertiary/aromatic N) is 1. The van der Waals surface area contributed by atoms with Gasteiger partial charge < -0.3 is 4.90 Å². The van der Waals surface area contributed by atoms with Crippen LogP contribution in [0.3, 0.4) is 0 Å². The van der Waals surface area contributed by atoms with Crippen molar-refractivity contribution in [2.24, 2.45) is 0 Å². The lowest BCUT2D eigenvalue weighted by molar-refractivity contribution is 0.0726. The van der Waals surface area contributed by atoms with E-state index in [0.717, 1.165) is 24.1 Å². The number of rotatable bonds is 2. The van der Waals surface area contributed by atoms with E-state index in [1.807, 2.05) is 23.1 Å². The van der Waals surface area contributed by atoms with Crippen LogP contribution in [0.15, 0.2) is 36.4 Å². The number of aryl methyl sites for hydroxylation is 2. The molecule has 2 nitrogen and oxygen atoms in total. The molecule has 0 saturated heterocycles. The molecule has 0 aromatic heterocycles. The van der Waals surface area contributed by atoms with E-state index in [-0.39, 0.29) is 5.91 Å². The molecule has 0 aliphatic carbocycles. The Kier molecular flexibility index (Phi) is 3.54. The van der Waals surface area contributed by atoms with Crippen LogP contribution in [-0.2, 0) is 13.0 Å². The summed E-state index contributed by atoms with van der Waals surface area (Å²) in [6.45, 7) is 7.82. The summed E-state index contributed by atoms with van der Waals surface area (Å²) in [5.41, 5.74) is 7.05. The Hall–Kier alpha value is -2.09. The molecule has 0 bridgehead atoms. The Morgan fingerprint density at radius 2 is 1.76 bits per heavy atom. The summed E-state index contributed by atoms with van der Waals surface area (Å²) in [6.07, 6.45) is 0.961. The lowest BCUT2D eigenvalue weighted by Crippen LogP contribution is -2.38. The molecule has 108 valence electrons. The Morgan fingerprint density at radius 3 is 2.48 bits per heavy atom. The first kappa shape index (κ1) is 13.9. The Labute approximate surface area is 126 Å².